The Bertz CT molecular complexity index is 852. The Labute approximate surface area is 155 Å². The van der Waals surface area contributed by atoms with E-state index in [9.17, 15) is 4.79 Å². The Morgan fingerprint density at radius 3 is 2.76 bits per heavy atom. The van der Waals surface area contributed by atoms with Crippen LogP contribution in [0.4, 0.5) is 0 Å². The first-order valence-corrected chi connectivity index (χ1v) is 8.98. The smallest absolute Gasteiger partial charge is 0.273 e. The third-order valence-corrected chi connectivity index (χ3v) is 4.81. The van der Waals surface area contributed by atoms with Gasteiger partial charge in [0.15, 0.2) is 0 Å². The number of ether oxygens (including phenoxy) is 1. The summed E-state index contributed by atoms with van der Waals surface area (Å²) in [6, 6.07) is 14.9. The number of rotatable bonds is 6. The number of thiophene rings is 1. The molecule has 0 fully saturated rings. The molecule has 0 spiro atoms. The SMILES string of the molecule is COc1ccccc1CN(Cc1cccs1)C(=O)c1cc(Cl)ccn1. The highest BCUT2D eigenvalue weighted by Crippen LogP contribution is 2.23. The van der Waals surface area contributed by atoms with Crippen LogP contribution in [0.15, 0.2) is 60.1 Å². The lowest BCUT2D eigenvalue weighted by Crippen LogP contribution is -2.30. The Morgan fingerprint density at radius 2 is 2.04 bits per heavy atom. The summed E-state index contributed by atoms with van der Waals surface area (Å²) in [5.41, 5.74) is 1.27. The Morgan fingerprint density at radius 1 is 1.20 bits per heavy atom. The lowest BCUT2D eigenvalue weighted by atomic mass is 10.1. The van der Waals surface area contributed by atoms with Crippen molar-refractivity contribution in [1.29, 1.82) is 0 Å². The number of methoxy groups -OCH3 is 1. The van der Waals surface area contributed by atoms with Crippen LogP contribution in [0.1, 0.15) is 20.9 Å². The summed E-state index contributed by atoms with van der Waals surface area (Å²) in [4.78, 5) is 20.0. The highest BCUT2D eigenvalue weighted by Gasteiger charge is 2.20. The molecule has 0 saturated carbocycles. The maximum absolute atomic E-state index is 13.0. The van der Waals surface area contributed by atoms with Gasteiger partial charge in [-0.05, 0) is 29.6 Å². The fourth-order valence-electron chi connectivity index (χ4n) is 2.51. The maximum atomic E-state index is 13.0. The Balaban J connectivity index is 1.90. The second-order valence-corrected chi connectivity index (χ2v) is 6.88. The van der Waals surface area contributed by atoms with Gasteiger partial charge in [0.2, 0.25) is 0 Å². The molecule has 0 aliphatic carbocycles. The number of halogens is 1. The number of nitrogens with zero attached hydrogens (tertiary/aromatic N) is 2. The second kappa shape index (κ2) is 8.14. The van der Waals surface area contributed by atoms with Crippen LogP contribution in [-0.2, 0) is 13.1 Å². The van der Waals surface area contributed by atoms with E-state index >= 15 is 0 Å². The molecule has 0 aliphatic rings. The van der Waals surface area contributed by atoms with E-state index in [0.29, 0.717) is 23.8 Å². The number of carbonyl (C=O) groups excluding carboxylic acids is 1. The molecular formula is C19H17ClN2O2S. The van der Waals surface area contributed by atoms with E-state index in [1.165, 1.54) is 0 Å². The predicted octanol–water partition coefficient (Wildman–Crippen LogP) is 4.65. The highest BCUT2D eigenvalue weighted by atomic mass is 35.5. The van der Waals surface area contributed by atoms with Gasteiger partial charge in [-0.15, -0.1) is 11.3 Å². The zero-order chi connectivity index (χ0) is 17.6. The minimum atomic E-state index is -0.165. The zero-order valence-electron chi connectivity index (χ0n) is 13.7. The molecule has 0 aliphatic heterocycles. The summed E-state index contributed by atoms with van der Waals surface area (Å²) in [5, 5.41) is 2.49. The summed E-state index contributed by atoms with van der Waals surface area (Å²) in [7, 11) is 1.63. The van der Waals surface area contributed by atoms with Gasteiger partial charge in [-0.3, -0.25) is 9.78 Å². The second-order valence-electron chi connectivity index (χ2n) is 5.41. The topological polar surface area (TPSA) is 42.4 Å². The molecule has 0 radical (unpaired) electrons. The number of pyridine rings is 1. The summed E-state index contributed by atoms with van der Waals surface area (Å²) in [6.07, 6.45) is 1.54. The summed E-state index contributed by atoms with van der Waals surface area (Å²) in [6.45, 7) is 0.928. The van der Waals surface area contributed by atoms with Crippen molar-refractivity contribution in [1.82, 2.24) is 9.88 Å². The molecule has 3 rings (SSSR count). The maximum Gasteiger partial charge on any atom is 0.273 e. The van der Waals surface area contributed by atoms with Crippen LogP contribution in [0.5, 0.6) is 5.75 Å². The zero-order valence-corrected chi connectivity index (χ0v) is 15.3. The van der Waals surface area contributed by atoms with E-state index < -0.39 is 0 Å². The van der Waals surface area contributed by atoms with Gasteiger partial charge in [0.25, 0.3) is 5.91 Å². The van der Waals surface area contributed by atoms with E-state index in [0.717, 1.165) is 16.2 Å². The van der Waals surface area contributed by atoms with E-state index in [1.807, 2.05) is 41.8 Å². The number of carbonyl (C=O) groups is 1. The monoisotopic (exact) mass is 372 g/mol. The number of para-hydroxylation sites is 1. The van der Waals surface area contributed by atoms with Gasteiger partial charge >= 0.3 is 0 Å². The molecule has 128 valence electrons. The quantitative estimate of drug-likeness (QED) is 0.632. The number of aromatic nitrogens is 1. The minimum Gasteiger partial charge on any atom is -0.496 e. The van der Waals surface area contributed by atoms with Gasteiger partial charge in [-0.2, -0.15) is 0 Å². The summed E-state index contributed by atoms with van der Waals surface area (Å²) < 4.78 is 5.41. The molecule has 1 aromatic carbocycles. The van der Waals surface area contributed by atoms with Gasteiger partial charge in [0.05, 0.1) is 20.2 Å². The normalized spacial score (nSPS) is 10.5. The molecule has 0 saturated heterocycles. The molecule has 25 heavy (non-hydrogen) atoms. The average molecular weight is 373 g/mol. The molecule has 2 heterocycles. The molecule has 2 aromatic heterocycles. The third kappa shape index (κ3) is 4.38. The predicted molar refractivity (Wildman–Crippen MR) is 100 cm³/mol. The molecule has 0 bridgehead atoms. The van der Waals surface area contributed by atoms with Crippen LogP contribution in [-0.4, -0.2) is 22.9 Å². The average Bonchev–Trinajstić information content (AvgIpc) is 3.14. The molecule has 6 heteroatoms. The van der Waals surface area contributed by atoms with Gasteiger partial charge in [-0.1, -0.05) is 35.9 Å². The molecule has 3 aromatic rings. The van der Waals surface area contributed by atoms with E-state index in [2.05, 4.69) is 4.98 Å². The van der Waals surface area contributed by atoms with Crippen LogP contribution in [0, 0.1) is 0 Å². The van der Waals surface area contributed by atoms with Crippen molar-refractivity contribution >= 4 is 28.8 Å². The molecule has 0 unspecified atom stereocenters. The lowest BCUT2D eigenvalue weighted by Gasteiger charge is -2.23. The highest BCUT2D eigenvalue weighted by molar-refractivity contribution is 7.09. The first-order chi connectivity index (χ1) is 12.2. The first kappa shape index (κ1) is 17.5. The van der Waals surface area contributed by atoms with Crippen molar-refractivity contribution in [3.8, 4) is 5.75 Å². The molecule has 1 amide bonds. The summed E-state index contributed by atoms with van der Waals surface area (Å²) in [5.74, 6) is 0.590. The van der Waals surface area contributed by atoms with Crippen molar-refractivity contribution in [3.05, 3.63) is 81.3 Å². The van der Waals surface area contributed by atoms with Crippen molar-refractivity contribution in [2.75, 3.05) is 7.11 Å². The molecule has 4 nitrogen and oxygen atoms in total. The number of hydrogen-bond acceptors (Lipinski definition) is 4. The fourth-order valence-corrected chi connectivity index (χ4v) is 3.39. The van der Waals surface area contributed by atoms with Gasteiger partial charge in [0, 0.05) is 21.7 Å². The van der Waals surface area contributed by atoms with Gasteiger partial charge in [-0.25, -0.2) is 0 Å². The fraction of sp³-hybridized carbons (Fsp3) is 0.158. The van der Waals surface area contributed by atoms with Crippen molar-refractivity contribution < 1.29 is 9.53 Å². The van der Waals surface area contributed by atoms with Crippen LogP contribution in [0.25, 0.3) is 0 Å². The minimum absolute atomic E-state index is 0.165. The largest absolute Gasteiger partial charge is 0.496 e. The lowest BCUT2D eigenvalue weighted by molar-refractivity contribution is 0.0724. The van der Waals surface area contributed by atoms with Gasteiger partial charge < -0.3 is 9.64 Å². The number of amides is 1. The van der Waals surface area contributed by atoms with Crippen LogP contribution >= 0.6 is 22.9 Å². The number of benzene rings is 1. The van der Waals surface area contributed by atoms with E-state index in [-0.39, 0.29) is 5.91 Å². The van der Waals surface area contributed by atoms with Crippen LogP contribution in [0.3, 0.4) is 0 Å². The first-order valence-electron chi connectivity index (χ1n) is 7.72. The Kier molecular flexibility index (Phi) is 5.68. The third-order valence-electron chi connectivity index (χ3n) is 3.71. The molecule has 0 atom stereocenters. The van der Waals surface area contributed by atoms with Crippen molar-refractivity contribution in [2.45, 2.75) is 13.1 Å². The van der Waals surface area contributed by atoms with Crippen LogP contribution in [0.2, 0.25) is 5.02 Å². The van der Waals surface area contributed by atoms with Crippen molar-refractivity contribution in [3.63, 3.8) is 0 Å². The molecule has 0 N–H and O–H groups in total. The van der Waals surface area contributed by atoms with E-state index in [4.69, 9.17) is 16.3 Å². The van der Waals surface area contributed by atoms with Crippen molar-refractivity contribution in [2.24, 2.45) is 0 Å². The van der Waals surface area contributed by atoms with E-state index in [1.54, 1.807) is 41.7 Å². The Hall–Kier alpha value is -2.37. The van der Waals surface area contributed by atoms with Gasteiger partial charge in [0.1, 0.15) is 11.4 Å². The number of hydrogen-bond donors (Lipinski definition) is 0. The summed E-state index contributed by atoms with van der Waals surface area (Å²) >= 11 is 7.63. The molecular weight excluding hydrogens is 356 g/mol. The standard InChI is InChI=1S/C19H17ClN2O2S/c1-24-18-7-3-2-5-14(18)12-22(13-16-6-4-10-25-16)19(23)17-11-15(20)8-9-21-17/h2-11H,12-13H2,1H3. The van der Waals surface area contributed by atoms with Crippen LogP contribution < -0.4 is 4.74 Å².